The first-order valence-electron chi connectivity index (χ1n) is 6.50. The lowest BCUT2D eigenvalue weighted by molar-refractivity contribution is 0.0840. The van der Waals surface area contributed by atoms with Crippen molar-refractivity contribution in [2.45, 2.75) is 37.5 Å². The van der Waals surface area contributed by atoms with Gasteiger partial charge < -0.3 is 15.5 Å². The Labute approximate surface area is 114 Å². The lowest BCUT2D eigenvalue weighted by Gasteiger charge is -2.20. The maximum Gasteiger partial charge on any atom is 0.251 e. The van der Waals surface area contributed by atoms with Crippen molar-refractivity contribution in [2.75, 3.05) is 5.43 Å². The number of nitrogen functional groups attached to an aromatic ring is 1. The van der Waals surface area contributed by atoms with Crippen molar-refractivity contribution in [3.05, 3.63) is 29.3 Å². The monoisotopic (exact) mass is 283 g/mol. The lowest BCUT2D eigenvalue weighted by atomic mass is 9.95. The van der Waals surface area contributed by atoms with E-state index in [2.05, 4.69) is 5.32 Å². The van der Waals surface area contributed by atoms with Crippen LogP contribution in [0.15, 0.2) is 12.1 Å². The van der Waals surface area contributed by atoms with E-state index in [0.29, 0.717) is 0 Å². The van der Waals surface area contributed by atoms with Gasteiger partial charge >= 0.3 is 0 Å². The second-order valence-electron chi connectivity index (χ2n) is 5.15. The third kappa shape index (κ3) is 2.23. The van der Waals surface area contributed by atoms with Gasteiger partial charge in [0.05, 0.1) is 18.2 Å². The summed E-state index contributed by atoms with van der Waals surface area (Å²) in [6, 6.07) is 1.84. The molecule has 20 heavy (non-hydrogen) atoms. The van der Waals surface area contributed by atoms with Crippen LogP contribution >= 0.6 is 0 Å². The SMILES string of the molecule is NNc1c(F)cc(C(=O)NC2CC3CCC2O3)cc1F. The summed E-state index contributed by atoms with van der Waals surface area (Å²) in [5, 5.41) is 2.77. The van der Waals surface area contributed by atoms with Gasteiger partial charge in [0, 0.05) is 5.56 Å². The Morgan fingerprint density at radius 1 is 1.30 bits per heavy atom. The molecule has 2 heterocycles. The van der Waals surface area contributed by atoms with E-state index in [1.165, 1.54) is 0 Å². The first kappa shape index (κ1) is 13.3. The van der Waals surface area contributed by atoms with Crippen LogP contribution < -0.4 is 16.6 Å². The molecule has 2 saturated heterocycles. The molecule has 5 nitrogen and oxygen atoms in total. The standard InChI is InChI=1S/C13H15F2N3O2/c14-8-3-6(4-9(15)12(8)18-16)13(19)17-10-5-7-1-2-11(10)20-7/h3-4,7,10-11,18H,1-2,5,16H2,(H,17,19). The highest BCUT2D eigenvalue weighted by Crippen LogP contribution is 2.34. The number of amides is 1. The number of carbonyl (C=O) groups excluding carboxylic acids is 1. The number of hydrogen-bond donors (Lipinski definition) is 3. The van der Waals surface area contributed by atoms with Crippen LogP contribution in [0.2, 0.25) is 0 Å². The molecule has 4 N–H and O–H groups in total. The van der Waals surface area contributed by atoms with Gasteiger partial charge in [0.2, 0.25) is 0 Å². The molecule has 3 rings (SSSR count). The maximum absolute atomic E-state index is 13.5. The number of nitrogens with two attached hydrogens (primary N) is 1. The molecule has 1 aromatic carbocycles. The molecule has 1 aromatic rings. The van der Waals surface area contributed by atoms with Crippen LogP contribution in [0.3, 0.4) is 0 Å². The number of hydrazine groups is 1. The Morgan fingerprint density at radius 3 is 2.50 bits per heavy atom. The van der Waals surface area contributed by atoms with E-state index in [0.717, 1.165) is 31.4 Å². The number of rotatable bonds is 3. The number of ether oxygens (including phenoxy) is 1. The summed E-state index contributed by atoms with van der Waals surface area (Å²) in [5.74, 6) is 2.69. The largest absolute Gasteiger partial charge is 0.373 e. The maximum atomic E-state index is 13.5. The van der Waals surface area contributed by atoms with Crippen molar-refractivity contribution in [3.63, 3.8) is 0 Å². The van der Waals surface area contributed by atoms with Crippen LogP contribution in [-0.2, 0) is 4.74 Å². The van der Waals surface area contributed by atoms with Crippen molar-refractivity contribution in [2.24, 2.45) is 5.84 Å². The number of fused-ring (bicyclic) bond motifs is 2. The molecule has 0 aliphatic carbocycles. The fraction of sp³-hybridized carbons (Fsp3) is 0.462. The normalized spacial score (nSPS) is 27.6. The van der Waals surface area contributed by atoms with Gasteiger partial charge in [0.1, 0.15) is 5.69 Å². The summed E-state index contributed by atoms with van der Waals surface area (Å²) >= 11 is 0. The Morgan fingerprint density at radius 2 is 2.00 bits per heavy atom. The van der Waals surface area contributed by atoms with Gasteiger partial charge in [0.25, 0.3) is 5.91 Å². The first-order chi connectivity index (χ1) is 9.58. The Kier molecular flexibility index (Phi) is 3.31. The molecule has 0 aromatic heterocycles. The van der Waals surface area contributed by atoms with E-state index in [4.69, 9.17) is 10.6 Å². The molecule has 3 atom stereocenters. The first-order valence-corrected chi connectivity index (χ1v) is 6.50. The van der Waals surface area contributed by atoms with Crippen molar-refractivity contribution in [3.8, 4) is 0 Å². The molecule has 7 heteroatoms. The van der Waals surface area contributed by atoms with Gasteiger partial charge in [-0.25, -0.2) is 8.78 Å². The van der Waals surface area contributed by atoms with E-state index in [9.17, 15) is 13.6 Å². The highest BCUT2D eigenvalue weighted by atomic mass is 19.1. The average molecular weight is 283 g/mol. The minimum atomic E-state index is -0.901. The molecule has 0 saturated carbocycles. The minimum absolute atomic E-state index is 0.0172. The van der Waals surface area contributed by atoms with Crippen LogP contribution in [-0.4, -0.2) is 24.2 Å². The third-order valence-electron chi connectivity index (χ3n) is 3.87. The van der Waals surface area contributed by atoms with Crippen molar-refractivity contribution in [1.82, 2.24) is 5.32 Å². The summed E-state index contributed by atoms with van der Waals surface area (Å²) in [6.07, 6.45) is 2.89. The second-order valence-corrected chi connectivity index (χ2v) is 5.15. The fourth-order valence-electron chi connectivity index (χ4n) is 2.88. The molecule has 2 bridgehead atoms. The van der Waals surface area contributed by atoms with Crippen LogP contribution in [0.4, 0.5) is 14.5 Å². The number of halogens is 2. The van der Waals surface area contributed by atoms with Crippen molar-refractivity contribution < 1.29 is 18.3 Å². The second kappa shape index (κ2) is 4.99. The molecule has 2 aliphatic heterocycles. The highest BCUT2D eigenvalue weighted by Gasteiger charge is 2.41. The summed E-state index contributed by atoms with van der Waals surface area (Å²) in [4.78, 5) is 12.0. The van der Waals surface area contributed by atoms with Gasteiger partial charge in [0.15, 0.2) is 11.6 Å². The van der Waals surface area contributed by atoms with E-state index >= 15 is 0 Å². The molecule has 0 radical (unpaired) electrons. The topological polar surface area (TPSA) is 76.4 Å². The number of nitrogens with one attached hydrogen (secondary N) is 2. The van der Waals surface area contributed by atoms with Crippen LogP contribution in [0.5, 0.6) is 0 Å². The molecule has 1 amide bonds. The zero-order valence-corrected chi connectivity index (χ0v) is 10.7. The molecular weight excluding hydrogens is 268 g/mol. The summed E-state index contributed by atoms with van der Waals surface area (Å²) in [7, 11) is 0. The van der Waals surface area contributed by atoms with Crippen LogP contribution in [0, 0.1) is 11.6 Å². The smallest absolute Gasteiger partial charge is 0.251 e. The molecule has 108 valence electrons. The third-order valence-corrected chi connectivity index (χ3v) is 3.87. The molecule has 2 aliphatic rings. The number of anilines is 1. The van der Waals surface area contributed by atoms with E-state index < -0.39 is 23.2 Å². The summed E-state index contributed by atoms with van der Waals surface area (Å²) in [5.41, 5.74) is 1.40. The fourth-order valence-corrected chi connectivity index (χ4v) is 2.88. The molecular formula is C13H15F2N3O2. The zero-order valence-electron chi connectivity index (χ0n) is 10.7. The van der Waals surface area contributed by atoms with Gasteiger partial charge in [-0.15, -0.1) is 0 Å². The summed E-state index contributed by atoms with van der Waals surface area (Å²) in [6.45, 7) is 0. The predicted octanol–water partition coefficient (Wildman–Crippen LogP) is 1.30. The molecule has 2 fully saturated rings. The lowest BCUT2D eigenvalue weighted by Crippen LogP contribution is -2.41. The van der Waals surface area contributed by atoms with Gasteiger partial charge in [-0.3, -0.25) is 10.6 Å². The van der Waals surface area contributed by atoms with Crippen molar-refractivity contribution >= 4 is 11.6 Å². The number of benzene rings is 1. The zero-order chi connectivity index (χ0) is 14.3. The predicted molar refractivity (Wildman–Crippen MR) is 67.9 cm³/mol. The Bertz CT molecular complexity index is 529. The number of carbonyl (C=O) groups is 1. The summed E-state index contributed by atoms with van der Waals surface area (Å²) < 4.78 is 32.7. The van der Waals surface area contributed by atoms with E-state index in [-0.39, 0.29) is 23.8 Å². The molecule has 3 unspecified atom stereocenters. The minimum Gasteiger partial charge on any atom is -0.373 e. The van der Waals surface area contributed by atoms with Crippen LogP contribution in [0.1, 0.15) is 29.6 Å². The quantitative estimate of drug-likeness (QED) is 0.577. The van der Waals surface area contributed by atoms with Gasteiger partial charge in [-0.2, -0.15) is 0 Å². The van der Waals surface area contributed by atoms with Gasteiger partial charge in [-0.1, -0.05) is 0 Å². The average Bonchev–Trinajstić information content (AvgIpc) is 3.00. The van der Waals surface area contributed by atoms with Crippen LogP contribution in [0.25, 0.3) is 0 Å². The Balaban J connectivity index is 1.74. The van der Waals surface area contributed by atoms with E-state index in [1.807, 2.05) is 5.43 Å². The highest BCUT2D eigenvalue weighted by molar-refractivity contribution is 5.94. The molecule has 0 spiro atoms. The van der Waals surface area contributed by atoms with Crippen molar-refractivity contribution in [1.29, 1.82) is 0 Å². The Hall–Kier alpha value is -1.73. The van der Waals surface area contributed by atoms with E-state index in [1.54, 1.807) is 0 Å². The van der Waals surface area contributed by atoms with Gasteiger partial charge in [-0.05, 0) is 31.4 Å². The number of hydrogen-bond acceptors (Lipinski definition) is 4.